The lowest BCUT2D eigenvalue weighted by Crippen LogP contribution is -1.98. The molecule has 128 valence electrons. The molecule has 0 amide bonds. The first-order chi connectivity index (χ1) is 11.9. The molecule has 8 nitrogen and oxygen atoms in total. The normalized spacial score (nSPS) is 10.7. The highest BCUT2D eigenvalue weighted by Crippen LogP contribution is 2.36. The van der Waals surface area contributed by atoms with Crippen LogP contribution in [-0.4, -0.2) is 27.1 Å². The lowest BCUT2D eigenvalue weighted by Gasteiger charge is -2.11. The minimum Gasteiger partial charge on any atom is -0.503 e. The van der Waals surface area contributed by atoms with Crippen molar-refractivity contribution in [1.82, 2.24) is 9.97 Å². The number of methoxy groups -OCH3 is 1. The molecule has 3 rings (SSSR count). The Balaban J connectivity index is 2.11. The second-order valence-electron chi connectivity index (χ2n) is 4.79. The van der Waals surface area contributed by atoms with Gasteiger partial charge in [0.2, 0.25) is 0 Å². The van der Waals surface area contributed by atoms with Crippen molar-refractivity contribution in [2.75, 3.05) is 7.11 Å². The van der Waals surface area contributed by atoms with Gasteiger partial charge >= 0.3 is 0 Å². The molecule has 0 saturated carbocycles. The van der Waals surface area contributed by atoms with E-state index in [-0.39, 0.29) is 28.4 Å². The minimum atomic E-state index is -1.25. The van der Waals surface area contributed by atoms with Gasteiger partial charge in [0.15, 0.2) is 28.9 Å². The number of aromatic nitrogens is 2. The maximum Gasteiger partial charge on any atom is 0.275 e. The predicted molar refractivity (Wildman–Crippen MR) is 80.8 cm³/mol. The van der Waals surface area contributed by atoms with E-state index in [1.165, 1.54) is 25.4 Å². The average Bonchev–Trinajstić information content (AvgIpc) is 2.57. The molecule has 0 aliphatic carbocycles. The van der Waals surface area contributed by atoms with E-state index in [9.17, 15) is 24.0 Å². The average molecular weight is 349 g/mol. The zero-order valence-electron chi connectivity index (χ0n) is 12.6. The van der Waals surface area contributed by atoms with Gasteiger partial charge in [0.25, 0.3) is 11.6 Å². The highest BCUT2D eigenvalue weighted by atomic mass is 19.1. The third-order valence-corrected chi connectivity index (χ3v) is 3.22. The van der Waals surface area contributed by atoms with E-state index in [1.54, 1.807) is 0 Å². The molecule has 3 aromatic rings. The van der Waals surface area contributed by atoms with Crippen molar-refractivity contribution >= 4 is 16.7 Å². The molecule has 10 heteroatoms. The fourth-order valence-corrected chi connectivity index (χ4v) is 2.11. The number of benzene rings is 1. The van der Waals surface area contributed by atoms with Gasteiger partial charge in [-0.2, -0.15) is 0 Å². The second-order valence-corrected chi connectivity index (χ2v) is 4.79. The smallest absolute Gasteiger partial charge is 0.275 e. The van der Waals surface area contributed by atoms with E-state index in [0.717, 1.165) is 0 Å². The van der Waals surface area contributed by atoms with E-state index in [1.807, 2.05) is 0 Å². The molecule has 2 heterocycles. The van der Waals surface area contributed by atoms with Crippen LogP contribution in [0.15, 0.2) is 30.5 Å². The molecule has 1 aromatic carbocycles. The predicted octanol–water partition coefficient (Wildman–Crippen LogP) is 3.32. The summed E-state index contributed by atoms with van der Waals surface area (Å²) in [5.74, 6) is -3.80. The highest BCUT2D eigenvalue weighted by molar-refractivity contribution is 5.83. The third-order valence-electron chi connectivity index (χ3n) is 3.22. The Morgan fingerprint density at radius 3 is 2.52 bits per heavy atom. The summed E-state index contributed by atoms with van der Waals surface area (Å²) in [6, 6.07) is 3.63. The Hall–Kier alpha value is -3.56. The Labute approximate surface area is 138 Å². The number of nitro groups is 1. The van der Waals surface area contributed by atoms with Crippen LogP contribution in [0.4, 0.5) is 14.5 Å². The Bertz CT molecular complexity index is 973. The molecule has 0 aliphatic rings. The molecule has 1 N–H and O–H groups in total. The standard InChI is InChI=1S/C15H9F2N3O5/c1-24-15-11(21)6-10-13(19-15)12(2-3-18-10)25-14-8(16)4-7(20(22)23)5-9(14)17/h2-6,21H,1H3. The van der Waals surface area contributed by atoms with Crippen LogP contribution in [0.1, 0.15) is 0 Å². The SMILES string of the molecule is COc1nc2c(Oc3c(F)cc([N+](=O)[O-])cc3F)ccnc2cc1O. The van der Waals surface area contributed by atoms with Crippen LogP contribution in [-0.2, 0) is 0 Å². The van der Waals surface area contributed by atoms with Crippen molar-refractivity contribution in [1.29, 1.82) is 0 Å². The Morgan fingerprint density at radius 2 is 1.92 bits per heavy atom. The zero-order valence-corrected chi connectivity index (χ0v) is 12.6. The Morgan fingerprint density at radius 1 is 1.24 bits per heavy atom. The topological polar surface area (TPSA) is 108 Å². The van der Waals surface area contributed by atoms with Gasteiger partial charge in [0.05, 0.1) is 29.7 Å². The number of non-ortho nitro benzene ring substituents is 1. The monoisotopic (exact) mass is 349 g/mol. The van der Waals surface area contributed by atoms with E-state index in [2.05, 4.69) is 9.97 Å². The van der Waals surface area contributed by atoms with Gasteiger partial charge in [-0.25, -0.2) is 13.8 Å². The van der Waals surface area contributed by atoms with Gasteiger partial charge in [0.1, 0.15) is 5.52 Å². The second kappa shape index (κ2) is 6.15. The van der Waals surface area contributed by atoms with Crippen molar-refractivity contribution in [2.45, 2.75) is 0 Å². The number of hydrogen-bond acceptors (Lipinski definition) is 7. The molecule has 0 bridgehead atoms. The van der Waals surface area contributed by atoms with Gasteiger partial charge in [0, 0.05) is 18.3 Å². The lowest BCUT2D eigenvalue weighted by molar-refractivity contribution is -0.385. The number of ether oxygens (including phenoxy) is 2. The van der Waals surface area contributed by atoms with Crippen molar-refractivity contribution in [2.24, 2.45) is 0 Å². The summed E-state index contributed by atoms with van der Waals surface area (Å²) in [5, 5.41) is 20.3. The van der Waals surface area contributed by atoms with Crippen LogP contribution >= 0.6 is 0 Å². The summed E-state index contributed by atoms with van der Waals surface area (Å²) >= 11 is 0. The van der Waals surface area contributed by atoms with E-state index in [4.69, 9.17) is 9.47 Å². The van der Waals surface area contributed by atoms with Crippen molar-refractivity contribution in [3.05, 3.63) is 52.2 Å². The lowest BCUT2D eigenvalue weighted by atomic mass is 10.2. The summed E-state index contributed by atoms with van der Waals surface area (Å²) in [6.45, 7) is 0. The maximum atomic E-state index is 14.0. The summed E-state index contributed by atoms with van der Waals surface area (Å²) < 4.78 is 38.1. The van der Waals surface area contributed by atoms with Gasteiger partial charge in [-0.1, -0.05) is 0 Å². The number of rotatable bonds is 4. The molecule has 0 spiro atoms. The van der Waals surface area contributed by atoms with Crippen molar-refractivity contribution in [3.63, 3.8) is 0 Å². The highest BCUT2D eigenvalue weighted by Gasteiger charge is 2.20. The van der Waals surface area contributed by atoms with Gasteiger partial charge in [-0.3, -0.25) is 15.1 Å². The van der Waals surface area contributed by atoms with Crippen molar-refractivity contribution in [3.8, 4) is 23.1 Å². The first kappa shape index (κ1) is 16.3. The first-order valence-electron chi connectivity index (χ1n) is 6.74. The summed E-state index contributed by atoms with van der Waals surface area (Å²) in [5.41, 5.74) is -0.473. The van der Waals surface area contributed by atoms with Crippen LogP contribution in [0.2, 0.25) is 0 Å². The first-order valence-corrected chi connectivity index (χ1v) is 6.74. The summed E-state index contributed by atoms with van der Waals surface area (Å²) in [4.78, 5) is 17.7. The third kappa shape index (κ3) is 2.96. The molecule has 0 unspecified atom stereocenters. The number of nitrogens with zero attached hydrogens (tertiary/aromatic N) is 3. The summed E-state index contributed by atoms with van der Waals surface area (Å²) in [6.07, 6.45) is 1.28. The van der Waals surface area contributed by atoms with Crippen LogP contribution < -0.4 is 9.47 Å². The quantitative estimate of drug-likeness (QED) is 0.568. The maximum absolute atomic E-state index is 14.0. The van der Waals surface area contributed by atoms with E-state index in [0.29, 0.717) is 12.1 Å². The molecule has 0 aliphatic heterocycles. The molecule has 0 saturated heterocycles. The van der Waals surface area contributed by atoms with Crippen molar-refractivity contribution < 1.29 is 28.3 Å². The number of nitro benzene ring substituents is 1. The van der Waals surface area contributed by atoms with Crippen LogP contribution in [0, 0.1) is 21.7 Å². The van der Waals surface area contributed by atoms with Gasteiger partial charge < -0.3 is 14.6 Å². The summed E-state index contributed by atoms with van der Waals surface area (Å²) in [7, 11) is 1.28. The van der Waals surface area contributed by atoms with Crippen LogP contribution in [0.5, 0.6) is 23.1 Å². The number of halogens is 2. The molecule has 0 atom stereocenters. The Kier molecular flexibility index (Phi) is 4.01. The fourth-order valence-electron chi connectivity index (χ4n) is 2.11. The molecular weight excluding hydrogens is 340 g/mol. The minimum absolute atomic E-state index is 0.0741. The molecule has 2 aromatic heterocycles. The molecule has 0 fully saturated rings. The molecule has 0 radical (unpaired) electrons. The van der Waals surface area contributed by atoms with Crippen LogP contribution in [0.3, 0.4) is 0 Å². The molecular formula is C15H9F2N3O5. The largest absolute Gasteiger partial charge is 0.503 e. The fraction of sp³-hybridized carbons (Fsp3) is 0.0667. The van der Waals surface area contributed by atoms with Crippen LogP contribution in [0.25, 0.3) is 11.0 Å². The number of aromatic hydroxyl groups is 1. The van der Waals surface area contributed by atoms with Gasteiger partial charge in [-0.05, 0) is 0 Å². The number of fused-ring (bicyclic) bond motifs is 1. The number of pyridine rings is 2. The van der Waals surface area contributed by atoms with E-state index < -0.39 is 28.0 Å². The van der Waals surface area contributed by atoms with Gasteiger partial charge in [-0.15, -0.1) is 0 Å². The number of hydrogen-bond donors (Lipinski definition) is 1. The molecule has 25 heavy (non-hydrogen) atoms. The van der Waals surface area contributed by atoms with E-state index >= 15 is 0 Å². The zero-order chi connectivity index (χ0) is 18.1.